The molecule has 2 rings (SSSR count). The Balaban J connectivity index is 1.95. The number of anilines is 1. The van der Waals surface area contributed by atoms with Gasteiger partial charge in [-0.1, -0.05) is 0 Å². The number of amides is 1. The molecule has 1 aromatic carbocycles. The van der Waals surface area contributed by atoms with Crippen molar-refractivity contribution in [3.8, 4) is 5.75 Å². The fourth-order valence-electron chi connectivity index (χ4n) is 2.39. The number of nitrogens with one attached hydrogen (secondary N) is 1. The lowest BCUT2D eigenvalue weighted by atomic mass is 10.0. The van der Waals surface area contributed by atoms with Gasteiger partial charge in [0.25, 0.3) is 5.91 Å². The van der Waals surface area contributed by atoms with E-state index in [0.29, 0.717) is 5.06 Å². The van der Waals surface area contributed by atoms with Crippen LogP contribution in [0.4, 0.5) is 18.9 Å². The standard InChI is InChI=1S/C15H17F3N2O5/c1-24-14(22)12-6-9(7-19-12)13(21)20(23)10-2-4-11(5-3-10)25-8-15(16,17)18/h2-5,9,12,19,23H,6-8H2,1H3/t9-,12+/m0/s1. The number of ether oxygens (including phenoxy) is 2. The van der Waals surface area contributed by atoms with Gasteiger partial charge in [0.2, 0.25) is 0 Å². The van der Waals surface area contributed by atoms with Crippen LogP contribution in [-0.4, -0.2) is 49.6 Å². The molecule has 1 heterocycles. The Hall–Kier alpha value is -2.33. The van der Waals surface area contributed by atoms with E-state index in [2.05, 4.69) is 14.8 Å². The van der Waals surface area contributed by atoms with Crippen LogP contribution in [0, 0.1) is 5.92 Å². The van der Waals surface area contributed by atoms with Crippen molar-refractivity contribution in [1.29, 1.82) is 0 Å². The maximum absolute atomic E-state index is 12.2. The molecule has 1 fully saturated rings. The van der Waals surface area contributed by atoms with Crippen LogP contribution in [0.2, 0.25) is 0 Å². The summed E-state index contributed by atoms with van der Waals surface area (Å²) in [7, 11) is 1.24. The number of esters is 1. The Morgan fingerprint density at radius 1 is 1.32 bits per heavy atom. The molecule has 1 aliphatic heterocycles. The first-order valence-electron chi connectivity index (χ1n) is 7.35. The second kappa shape index (κ2) is 7.70. The third-order valence-electron chi connectivity index (χ3n) is 3.66. The van der Waals surface area contributed by atoms with Crippen molar-refractivity contribution in [3.05, 3.63) is 24.3 Å². The Kier molecular flexibility index (Phi) is 5.85. The van der Waals surface area contributed by atoms with E-state index in [1.807, 2.05) is 0 Å². The first kappa shape index (κ1) is 19.0. The lowest BCUT2D eigenvalue weighted by Crippen LogP contribution is -2.34. The fourth-order valence-corrected chi connectivity index (χ4v) is 2.39. The first-order chi connectivity index (χ1) is 11.7. The summed E-state index contributed by atoms with van der Waals surface area (Å²) in [5.74, 6) is -1.81. The summed E-state index contributed by atoms with van der Waals surface area (Å²) in [6, 6.07) is 4.31. The number of hydroxylamine groups is 1. The number of methoxy groups -OCH3 is 1. The molecular weight excluding hydrogens is 345 g/mol. The highest BCUT2D eigenvalue weighted by Gasteiger charge is 2.36. The zero-order valence-electron chi connectivity index (χ0n) is 13.2. The third-order valence-corrected chi connectivity index (χ3v) is 3.66. The Bertz CT molecular complexity index is 621. The van der Waals surface area contributed by atoms with Crippen molar-refractivity contribution in [1.82, 2.24) is 5.32 Å². The van der Waals surface area contributed by atoms with E-state index < -0.39 is 36.6 Å². The van der Waals surface area contributed by atoms with Gasteiger partial charge in [0.05, 0.1) is 18.7 Å². The van der Waals surface area contributed by atoms with Crippen molar-refractivity contribution in [2.75, 3.05) is 25.3 Å². The number of hydrogen-bond donors (Lipinski definition) is 2. The van der Waals surface area contributed by atoms with Crippen LogP contribution in [-0.2, 0) is 14.3 Å². The molecule has 0 unspecified atom stereocenters. The van der Waals surface area contributed by atoms with Crippen LogP contribution < -0.4 is 15.1 Å². The van der Waals surface area contributed by atoms with E-state index in [-0.39, 0.29) is 24.4 Å². The van der Waals surface area contributed by atoms with Crippen LogP contribution in [0.25, 0.3) is 0 Å². The highest BCUT2D eigenvalue weighted by molar-refractivity contribution is 5.94. The molecule has 1 aromatic rings. The molecule has 1 saturated heterocycles. The number of halogens is 3. The molecule has 10 heteroatoms. The molecule has 2 N–H and O–H groups in total. The molecule has 138 valence electrons. The second-order valence-corrected chi connectivity index (χ2v) is 5.46. The summed E-state index contributed by atoms with van der Waals surface area (Å²) in [5, 5.41) is 13.2. The number of carbonyl (C=O) groups excluding carboxylic acids is 2. The van der Waals surface area contributed by atoms with E-state index in [4.69, 9.17) is 0 Å². The molecule has 7 nitrogen and oxygen atoms in total. The SMILES string of the molecule is COC(=O)[C@H]1C[C@H](C(=O)N(O)c2ccc(OCC(F)(F)F)cc2)CN1. The van der Waals surface area contributed by atoms with Crippen LogP contribution in [0.3, 0.4) is 0 Å². The average molecular weight is 362 g/mol. The number of benzene rings is 1. The Labute approximate surface area is 141 Å². The predicted molar refractivity (Wildman–Crippen MR) is 79.2 cm³/mol. The molecule has 2 atom stereocenters. The van der Waals surface area contributed by atoms with Gasteiger partial charge in [-0.15, -0.1) is 0 Å². The zero-order valence-corrected chi connectivity index (χ0v) is 13.2. The third kappa shape index (κ3) is 5.07. The minimum absolute atomic E-state index is 0.0461. The minimum Gasteiger partial charge on any atom is -0.484 e. The number of hydrogen-bond acceptors (Lipinski definition) is 6. The zero-order chi connectivity index (χ0) is 18.6. The Morgan fingerprint density at radius 3 is 2.52 bits per heavy atom. The van der Waals surface area contributed by atoms with E-state index in [9.17, 15) is 28.0 Å². The number of alkyl halides is 3. The van der Waals surface area contributed by atoms with Crippen molar-refractivity contribution in [3.63, 3.8) is 0 Å². The van der Waals surface area contributed by atoms with Gasteiger partial charge in [-0.3, -0.25) is 14.8 Å². The van der Waals surface area contributed by atoms with Gasteiger partial charge in [-0.25, -0.2) is 0 Å². The minimum atomic E-state index is -4.46. The van der Waals surface area contributed by atoms with Gasteiger partial charge < -0.3 is 14.8 Å². The van der Waals surface area contributed by atoms with Gasteiger partial charge in [-0.05, 0) is 30.7 Å². The van der Waals surface area contributed by atoms with Crippen molar-refractivity contribution in [2.24, 2.45) is 5.92 Å². The van der Waals surface area contributed by atoms with Crippen LogP contribution >= 0.6 is 0 Å². The van der Waals surface area contributed by atoms with E-state index in [1.54, 1.807) is 0 Å². The average Bonchev–Trinajstić information content (AvgIpc) is 3.08. The molecule has 0 aromatic heterocycles. The smallest absolute Gasteiger partial charge is 0.422 e. The molecule has 25 heavy (non-hydrogen) atoms. The summed E-state index contributed by atoms with van der Waals surface area (Å²) in [6.45, 7) is -1.24. The molecule has 0 spiro atoms. The van der Waals surface area contributed by atoms with E-state index in [1.165, 1.54) is 31.4 Å². The molecule has 1 aliphatic rings. The van der Waals surface area contributed by atoms with Crippen molar-refractivity contribution >= 4 is 17.6 Å². The Morgan fingerprint density at radius 2 is 1.96 bits per heavy atom. The van der Waals surface area contributed by atoms with Gasteiger partial charge in [0.15, 0.2) is 6.61 Å². The normalized spacial score (nSPS) is 20.2. The molecule has 0 bridgehead atoms. The predicted octanol–water partition coefficient (Wildman–Crippen LogP) is 1.50. The van der Waals surface area contributed by atoms with Gasteiger partial charge in [0.1, 0.15) is 11.8 Å². The number of carbonyl (C=O) groups is 2. The van der Waals surface area contributed by atoms with Crippen LogP contribution in [0.1, 0.15) is 6.42 Å². The van der Waals surface area contributed by atoms with E-state index in [0.717, 1.165) is 0 Å². The summed E-state index contributed by atoms with van der Waals surface area (Å²) < 4.78 is 45.4. The van der Waals surface area contributed by atoms with Crippen molar-refractivity contribution in [2.45, 2.75) is 18.6 Å². The highest BCUT2D eigenvalue weighted by atomic mass is 19.4. The molecule has 0 aliphatic carbocycles. The summed E-state index contributed by atoms with van der Waals surface area (Å²) in [4.78, 5) is 23.7. The lowest BCUT2D eigenvalue weighted by molar-refractivity contribution is -0.153. The largest absolute Gasteiger partial charge is 0.484 e. The van der Waals surface area contributed by atoms with Gasteiger partial charge in [-0.2, -0.15) is 18.2 Å². The maximum atomic E-state index is 12.2. The summed E-state index contributed by atoms with van der Waals surface area (Å²) >= 11 is 0. The number of nitrogens with zero attached hydrogens (tertiary/aromatic N) is 1. The molecule has 0 radical (unpaired) electrons. The molecular formula is C15H17F3N2O5. The summed E-state index contributed by atoms with van der Waals surface area (Å²) in [6.07, 6.45) is -4.28. The van der Waals surface area contributed by atoms with Crippen LogP contribution in [0.15, 0.2) is 24.3 Å². The highest BCUT2D eigenvalue weighted by Crippen LogP contribution is 2.24. The second-order valence-electron chi connectivity index (χ2n) is 5.46. The first-order valence-corrected chi connectivity index (χ1v) is 7.35. The van der Waals surface area contributed by atoms with Crippen LogP contribution in [0.5, 0.6) is 5.75 Å². The van der Waals surface area contributed by atoms with Gasteiger partial charge >= 0.3 is 12.1 Å². The number of rotatable bonds is 5. The fraction of sp³-hybridized carbons (Fsp3) is 0.467. The maximum Gasteiger partial charge on any atom is 0.422 e. The monoisotopic (exact) mass is 362 g/mol. The lowest BCUT2D eigenvalue weighted by Gasteiger charge is -2.19. The van der Waals surface area contributed by atoms with E-state index >= 15 is 0 Å². The van der Waals surface area contributed by atoms with Gasteiger partial charge in [0, 0.05) is 6.54 Å². The topological polar surface area (TPSA) is 88.1 Å². The molecule has 1 amide bonds. The molecule has 0 saturated carbocycles. The van der Waals surface area contributed by atoms with Crippen molar-refractivity contribution < 1.29 is 37.4 Å². The summed E-state index contributed by atoms with van der Waals surface area (Å²) in [5.41, 5.74) is 0.0749. The quantitative estimate of drug-likeness (QED) is 0.469.